The molecule has 1 atom stereocenters. The summed E-state index contributed by atoms with van der Waals surface area (Å²) in [7, 11) is 0. The first-order chi connectivity index (χ1) is 11.9. The number of amides is 1. The van der Waals surface area contributed by atoms with Gasteiger partial charge in [0.25, 0.3) is 0 Å². The van der Waals surface area contributed by atoms with Crippen LogP contribution in [0.15, 0.2) is 22.8 Å². The average Bonchev–Trinajstić information content (AvgIpc) is 3.02. The highest BCUT2D eigenvalue weighted by molar-refractivity contribution is 5.81. The predicted octanol–water partition coefficient (Wildman–Crippen LogP) is 1.98. The molecule has 25 heavy (non-hydrogen) atoms. The van der Waals surface area contributed by atoms with Gasteiger partial charge in [0.1, 0.15) is 11.0 Å². The zero-order valence-electron chi connectivity index (χ0n) is 15.1. The lowest BCUT2D eigenvalue weighted by molar-refractivity contribution is -0.128. The standard InChI is InChI=1S/C18H26N4O3/c1-18(2,3)17(23)19-7-6-14-12-22(8-9-24-14)11-13-4-5-15-16(10-13)21-25-20-15/h4-5,10,14H,6-9,11-12H2,1-3H3,(H,19,23)/t14-/m0/s1. The van der Waals surface area contributed by atoms with E-state index >= 15 is 0 Å². The van der Waals surface area contributed by atoms with Crippen LogP contribution in [0, 0.1) is 5.41 Å². The number of morpholine rings is 1. The molecular formula is C18H26N4O3. The Morgan fingerprint density at radius 2 is 2.12 bits per heavy atom. The Bertz CT molecular complexity index is 722. The molecule has 2 heterocycles. The molecule has 136 valence electrons. The Kier molecular flexibility index (Phi) is 5.34. The van der Waals surface area contributed by atoms with Gasteiger partial charge in [-0.25, -0.2) is 4.63 Å². The third-order valence-corrected chi connectivity index (χ3v) is 4.38. The Labute approximate surface area is 147 Å². The van der Waals surface area contributed by atoms with Crippen LogP contribution < -0.4 is 5.32 Å². The van der Waals surface area contributed by atoms with E-state index in [9.17, 15) is 4.79 Å². The summed E-state index contributed by atoms with van der Waals surface area (Å²) in [4.78, 5) is 14.3. The number of fused-ring (bicyclic) bond motifs is 1. The summed E-state index contributed by atoms with van der Waals surface area (Å²) in [5.74, 6) is 0.0784. The normalized spacial score (nSPS) is 19.2. The van der Waals surface area contributed by atoms with E-state index in [1.165, 1.54) is 5.56 Å². The minimum atomic E-state index is -0.353. The topological polar surface area (TPSA) is 80.5 Å². The summed E-state index contributed by atoms with van der Waals surface area (Å²) < 4.78 is 10.6. The smallest absolute Gasteiger partial charge is 0.225 e. The van der Waals surface area contributed by atoms with Crippen LogP contribution in [-0.2, 0) is 16.1 Å². The van der Waals surface area contributed by atoms with Gasteiger partial charge >= 0.3 is 0 Å². The van der Waals surface area contributed by atoms with Crippen molar-refractivity contribution in [3.8, 4) is 0 Å². The van der Waals surface area contributed by atoms with Crippen LogP contribution >= 0.6 is 0 Å². The molecule has 0 saturated carbocycles. The molecule has 3 rings (SSSR count). The maximum Gasteiger partial charge on any atom is 0.225 e. The fourth-order valence-corrected chi connectivity index (χ4v) is 2.89. The molecule has 0 spiro atoms. The fourth-order valence-electron chi connectivity index (χ4n) is 2.89. The van der Waals surface area contributed by atoms with Crippen molar-refractivity contribution in [2.24, 2.45) is 5.41 Å². The Balaban J connectivity index is 1.48. The van der Waals surface area contributed by atoms with Crippen molar-refractivity contribution < 1.29 is 14.2 Å². The lowest BCUT2D eigenvalue weighted by atomic mass is 9.95. The van der Waals surface area contributed by atoms with Crippen molar-refractivity contribution in [2.75, 3.05) is 26.2 Å². The maximum atomic E-state index is 11.9. The number of hydrogen-bond acceptors (Lipinski definition) is 6. The van der Waals surface area contributed by atoms with Crippen molar-refractivity contribution in [2.45, 2.75) is 39.8 Å². The predicted molar refractivity (Wildman–Crippen MR) is 93.9 cm³/mol. The number of rotatable bonds is 5. The van der Waals surface area contributed by atoms with Crippen LogP contribution in [0.25, 0.3) is 11.0 Å². The van der Waals surface area contributed by atoms with Crippen molar-refractivity contribution in [3.63, 3.8) is 0 Å². The summed E-state index contributed by atoms with van der Waals surface area (Å²) in [5, 5.41) is 10.7. The second kappa shape index (κ2) is 7.49. The van der Waals surface area contributed by atoms with Gasteiger partial charge < -0.3 is 10.1 Å². The zero-order chi connectivity index (χ0) is 17.9. The molecule has 1 N–H and O–H groups in total. The summed E-state index contributed by atoms with van der Waals surface area (Å²) in [6, 6.07) is 6.00. The molecule has 0 aliphatic carbocycles. The molecule has 1 aromatic heterocycles. The number of hydrogen-bond donors (Lipinski definition) is 1. The van der Waals surface area contributed by atoms with E-state index in [0.717, 1.165) is 37.1 Å². The fraction of sp³-hybridized carbons (Fsp3) is 0.611. The summed E-state index contributed by atoms with van der Waals surface area (Å²) in [6.07, 6.45) is 0.969. The van der Waals surface area contributed by atoms with Gasteiger partial charge in [0.05, 0.1) is 12.7 Å². The molecule has 1 fully saturated rings. The van der Waals surface area contributed by atoms with E-state index < -0.39 is 0 Å². The zero-order valence-corrected chi connectivity index (χ0v) is 15.1. The van der Waals surface area contributed by atoms with Gasteiger partial charge in [-0.3, -0.25) is 9.69 Å². The van der Waals surface area contributed by atoms with Crippen LogP contribution in [0.2, 0.25) is 0 Å². The van der Waals surface area contributed by atoms with E-state index in [-0.39, 0.29) is 17.4 Å². The minimum Gasteiger partial charge on any atom is -0.375 e. The number of carbonyl (C=O) groups excluding carboxylic acids is 1. The maximum absolute atomic E-state index is 11.9. The Morgan fingerprint density at radius 3 is 2.92 bits per heavy atom. The number of nitrogens with one attached hydrogen (secondary N) is 1. The van der Waals surface area contributed by atoms with E-state index in [2.05, 4.69) is 26.6 Å². The minimum absolute atomic E-state index is 0.0784. The Hall–Kier alpha value is -1.99. The molecular weight excluding hydrogens is 320 g/mol. The molecule has 0 unspecified atom stereocenters. The third kappa shape index (κ3) is 4.76. The summed E-state index contributed by atoms with van der Waals surface area (Å²) in [5.41, 5.74) is 2.39. The first-order valence-corrected chi connectivity index (χ1v) is 8.75. The van der Waals surface area contributed by atoms with Crippen molar-refractivity contribution in [3.05, 3.63) is 23.8 Å². The average molecular weight is 346 g/mol. The highest BCUT2D eigenvalue weighted by Gasteiger charge is 2.23. The largest absolute Gasteiger partial charge is 0.375 e. The highest BCUT2D eigenvalue weighted by atomic mass is 16.6. The quantitative estimate of drug-likeness (QED) is 0.892. The van der Waals surface area contributed by atoms with Gasteiger partial charge in [0, 0.05) is 31.6 Å². The van der Waals surface area contributed by atoms with Crippen molar-refractivity contribution in [1.29, 1.82) is 0 Å². The van der Waals surface area contributed by atoms with Crippen molar-refractivity contribution in [1.82, 2.24) is 20.5 Å². The van der Waals surface area contributed by atoms with Gasteiger partial charge in [-0.05, 0) is 34.4 Å². The van der Waals surface area contributed by atoms with Gasteiger partial charge in [-0.2, -0.15) is 0 Å². The van der Waals surface area contributed by atoms with Gasteiger partial charge in [-0.15, -0.1) is 0 Å². The number of ether oxygens (including phenoxy) is 1. The first-order valence-electron chi connectivity index (χ1n) is 8.75. The molecule has 0 bridgehead atoms. The first kappa shape index (κ1) is 17.8. The molecule has 7 heteroatoms. The van der Waals surface area contributed by atoms with Crippen LogP contribution in [0.5, 0.6) is 0 Å². The molecule has 1 aromatic carbocycles. The lowest BCUT2D eigenvalue weighted by Crippen LogP contribution is -2.44. The van der Waals surface area contributed by atoms with E-state index in [0.29, 0.717) is 13.2 Å². The number of benzene rings is 1. The molecule has 0 radical (unpaired) electrons. The van der Waals surface area contributed by atoms with Gasteiger partial charge in [-0.1, -0.05) is 26.8 Å². The van der Waals surface area contributed by atoms with Gasteiger partial charge in [0.15, 0.2) is 0 Å². The van der Waals surface area contributed by atoms with E-state index in [1.807, 2.05) is 32.9 Å². The molecule has 7 nitrogen and oxygen atoms in total. The molecule has 2 aromatic rings. The van der Waals surface area contributed by atoms with Crippen LogP contribution in [0.1, 0.15) is 32.8 Å². The Morgan fingerprint density at radius 1 is 1.32 bits per heavy atom. The third-order valence-electron chi connectivity index (χ3n) is 4.38. The second-order valence-electron chi connectivity index (χ2n) is 7.61. The second-order valence-corrected chi connectivity index (χ2v) is 7.61. The molecule has 1 aliphatic rings. The van der Waals surface area contributed by atoms with Crippen LogP contribution in [0.3, 0.4) is 0 Å². The van der Waals surface area contributed by atoms with Crippen molar-refractivity contribution >= 4 is 16.9 Å². The number of nitrogens with zero attached hydrogens (tertiary/aromatic N) is 3. The van der Waals surface area contributed by atoms with E-state index in [4.69, 9.17) is 9.37 Å². The van der Waals surface area contributed by atoms with E-state index in [1.54, 1.807) is 0 Å². The number of aromatic nitrogens is 2. The van der Waals surface area contributed by atoms with Gasteiger partial charge in [0.2, 0.25) is 5.91 Å². The lowest BCUT2D eigenvalue weighted by Gasteiger charge is -2.33. The molecule has 1 aliphatic heterocycles. The summed E-state index contributed by atoms with van der Waals surface area (Å²) >= 11 is 0. The molecule has 1 amide bonds. The SMILES string of the molecule is CC(C)(C)C(=O)NCC[C@H]1CN(Cc2ccc3nonc3c2)CCO1. The highest BCUT2D eigenvalue weighted by Crippen LogP contribution is 2.16. The van der Waals surface area contributed by atoms with Crippen LogP contribution in [0.4, 0.5) is 0 Å². The number of carbonyl (C=O) groups is 1. The van der Waals surface area contributed by atoms with Crippen LogP contribution in [-0.4, -0.2) is 53.5 Å². The molecule has 1 saturated heterocycles. The monoisotopic (exact) mass is 346 g/mol. The summed E-state index contributed by atoms with van der Waals surface area (Å²) in [6.45, 7) is 9.72.